The van der Waals surface area contributed by atoms with Crippen LogP contribution in [-0.2, 0) is 20.9 Å². The molecule has 1 aromatic carbocycles. The van der Waals surface area contributed by atoms with Crippen LogP contribution in [0.15, 0.2) is 24.3 Å². The molecule has 0 unspecified atom stereocenters. The van der Waals surface area contributed by atoms with E-state index in [-0.39, 0.29) is 24.4 Å². The molecule has 25 heavy (non-hydrogen) atoms. The number of para-hydroxylation sites is 2. The molecule has 7 heteroatoms. The molecule has 130 valence electrons. The van der Waals surface area contributed by atoms with Crippen LogP contribution in [0.1, 0.15) is 18.7 Å². The number of aryl methyl sites for hydroxylation is 1. The first-order chi connectivity index (χ1) is 12.1. The zero-order valence-corrected chi connectivity index (χ0v) is 14.1. The van der Waals surface area contributed by atoms with Gasteiger partial charge in [0.1, 0.15) is 12.4 Å². The summed E-state index contributed by atoms with van der Waals surface area (Å²) in [5, 5.41) is 0. The summed E-state index contributed by atoms with van der Waals surface area (Å²) in [4.78, 5) is 33.5. The molecular formula is C18H20N4O3. The fourth-order valence-electron chi connectivity index (χ4n) is 4.71. The Hall–Kier alpha value is -2.41. The Morgan fingerprint density at radius 3 is 3.08 bits per heavy atom. The predicted octanol–water partition coefficient (Wildman–Crippen LogP) is 0.904. The quantitative estimate of drug-likeness (QED) is 0.815. The SMILES string of the molecule is Cc1nc2ccccc2n1CC(=O)N1CC[C@@]23OCCN2C(=O)C[C@@H]13. The van der Waals surface area contributed by atoms with Crippen LogP contribution in [0.2, 0.25) is 0 Å². The second-order valence-electron chi connectivity index (χ2n) is 7.03. The third-order valence-corrected chi connectivity index (χ3v) is 5.86. The Morgan fingerprint density at radius 1 is 1.36 bits per heavy atom. The van der Waals surface area contributed by atoms with Crippen molar-refractivity contribution in [2.45, 2.75) is 38.1 Å². The summed E-state index contributed by atoms with van der Waals surface area (Å²) < 4.78 is 7.91. The molecule has 2 atom stereocenters. The van der Waals surface area contributed by atoms with E-state index in [1.54, 1.807) is 0 Å². The molecule has 0 N–H and O–H groups in total. The van der Waals surface area contributed by atoms with Crippen LogP contribution in [0, 0.1) is 6.92 Å². The fraction of sp³-hybridized carbons (Fsp3) is 0.500. The Bertz CT molecular complexity index is 892. The summed E-state index contributed by atoms with van der Waals surface area (Å²) in [6, 6.07) is 7.67. The van der Waals surface area contributed by atoms with Crippen molar-refractivity contribution in [2.75, 3.05) is 19.7 Å². The highest BCUT2D eigenvalue weighted by Gasteiger charge is 2.62. The van der Waals surface area contributed by atoms with Crippen molar-refractivity contribution in [2.24, 2.45) is 0 Å². The molecule has 0 aliphatic carbocycles. The van der Waals surface area contributed by atoms with Crippen molar-refractivity contribution in [1.82, 2.24) is 19.4 Å². The van der Waals surface area contributed by atoms with E-state index < -0.39 is 5.72 Å². The summed E-state index contributed by atoms with van der Waals surface area (Å²) in [5.41, 5.74) is 1.29. The van der Waals surface area contributed by atoms with E-state index in [1.165, 1.54) is 0 Å². The lowest BCUT2D eigenvalue weighted by atomic mass is 10.1. The van der Waals surface area contributed by atoms with Gasteiger partial charge in [-0.05, 0) is 19.1 Å². The number of ether oxygens (including phenoxy) is 1. The number of aromatic nitrogens is 2. The Morgan fingerprint density at radius 2 is 2.20 bits per heavy atom. The zero-order valence-electron chi connectivity index (χ0n) is 14.1. The third kappa shape index (κ3) is 1.93. The number of carbonyl (C=O) groups excluding carboxylic acids is 2. The van der Waals surface area contributed by atoms with Crippen LogP contribution in [0.4, 0.5) is 0 Å². The maximum Gasteiger partial charge on any atom is 0.243 e. The minimum Gasteiger partial charge on any atom is -0.351 e. The van der Waals surface area contributed by atoms with Gasteiger partial charge in [-0.15, -0.1) is 0 Å². The predicted molar refractivity (Wildman–Crippen MR) is 89.6 cm³/mol. The number of hydrogen-bond acceptors (Lipinski definition) is 4. The molecule has 3 aliphatic heterocycles. The van der Waals surface area contributed by atoms with Gasteiger partial charge in [-0.3, -0.25) is 9.59 Å². The maximum atomic E-state index is 13.0. The van der Waals surface area contributed by atoms with Crippen molar-refractivity contribution >= 4 is 22.8 Å². The zero-order chi connectivity index (χ0) is 17.2. The number of hydrogen-bond donors (Lipinski definition) is 0. The summed E-state index contributed by atoms with van der Waals surface area (Å²) in [6.07, 6.45) is 1.08. The molecule has 0 radical (unpaired) electrons. The maximum absolute atomic E-state index is 13.0. The molecule has 0 saturated carbocycles. The minimum atomic E-state index is -0.571. The molecule has 2 amide bonds. The topological polar surface area (TPSA) is 67.7 Å². The lowest BCUT2D eigenvalue weighted by Crippen LogP contribution is -2.49. The van der Waals surface area contributed by atoms with Crippen molar-refractivity contribution in [3.63, 3.8) is 0 Å². The van der Waals surface area contributed by atoms with Gasteiger partial charge in [0.25, 0.3) is 0 Å². The number of likely N-dealkylation sites (tertiary alicyclic amines) is 1. The summed E-state index contributed by atoms with van der Waals surface area (Å²) >= 11 is 0. The molecule has 0 bridgehead atoms. The number of benzene rings is 1. The van der Waals surface area contributed by atoms with Gasteiger partial charge in [-0.25, -0.2) is 4.98 Å². The first kappa shape index (κ1) is 14.9. The Labute approximate surface area is 145 Å². The smallest absolute Gasteiger partial charge is 0.243 e. The molecule has 7 nitrogen and oxygen atoms in total. The van der Waals surface area contributed by atoms with Crippen molar-refractivity contribution in [3.8, 4) is 0 Å². The summed E-state index contributed by atoms with van der Waals surface area (Å²) in [6.45, 7) is 4.00. The number of amides is 2. The van der Waals surface area contributed by atoms with Crippen LogP contribution in [0.25, 0.3) is 11.0 Å². The van der Waals surface area contributed by atoms with Crippen molar-refractivity contribution < 1.29 is 14.3 Å². The number of imidazole rings is 1. The molecule has 1 spiro atoms. The van der Waals surface area contributed by atoms with E-state index in [9.17, 15) is 9.59 Å². The molecule has 1 aromatic heterocycles. The van der Waals surface area contributed by atoms with Gasteiger partial charge in [-0.1, -0.05) is 12.1 Å². The Balaban J connectivity index is 1.44. The average molecular weight is 340 g/mol. The highest BCUT2D eigenvalue weighted by molar-refractivity contribution is 5.85. The molecule has 3 aliphatic rings. The van der Waals surface area contributed by atoms with Gasteiger partial charge in [0.15, 0.2) is 5.72 Å². The van der Waals surface area contributed by atoms with Gasteiger partial charge >= 0.3 is 0 Å². The number of nitrogens with zero attached hydrogens (tertiary/aromatic N) is 4. The third-order valence-electron chi connectivity index (χ3n) is 5.86. The molecule has 4 heterocycles. The molecule has 5 rings (SSSR count). The molecule has 3 saturated heterocycles. The van der Waals surface area contributed by atoms with Gasteiger partial charge in [0, 0.05) is 19.5 Å². The Kier molecular flexibility index (Phi) is 3.01. The van der Waals surface area contributed by atoms with Gasteiger partial charge in [-0.2, -0.15) is 0 Å². The minimum absolute atomic E-state index is 0.0262. The van der Waals surface area contributed by atoms with Gasteiger partial charge < -0.3 is 19.1 Å². The molecular weight excluding hydrogens is 320 g/mol. The van der Waals surface area contributed by atoms with Gasteiger partial charge in [0.05, 0.1) is 30.1 Å². The van der Waals surface area contributed by atoms with Crippen LogP contribution >= 0.6 is 0 Å². The number of rotatable bonds is 2. The van der Waals surface area contributed by atoms with Crippen molar-refractivity contribution in [1.29, 1.82) is 0 Å². The van der Waals surface area contributed by atoms with E-state index in [0.29, 0.717) is 32.5 Å². The van der Waals surface area contributed by atoms with E-state index in [0.717, 1.165) is 16.9 Å². The first-order valence-corrected chi connectivity index (χ1v) is 8.76. The molecule has 3 fully saturated rings. The van der Waals surface area contributed by atoms with Crippen LogP contribution in [-0.4, -0.2) is 62.6 Å². The van der Waals surface area contributed by atoms with E-state index in [4.69, 9.17) is 4.74 Å². The highest BCUT2D eigenvalue weighted by Crippen LogP contribution is 2.45. The second-order valence-corrected chi connectivity index (χ2v) is 7.03. The fourth-order valence-corrected chi connectivity index (χ4v) is 4.71. The first-order valence-electron chi connectivity index (χ1n) is 8.76. The van der Waals surface area contributed by atoms with Gasteiger partial charge in [0.2, 0.25) is 11.8 Å². The second kappa shape index (κ2) is 5.05. The van der Waals surface area contributed by atoms with E-state index in [2.05, 4.69) is 4.98 Å². The monoisotopic (exact) mass is 340 g/mol. The number of carbonyl (C=O) groups is 2. The molecule has 2 aromatic rings. The number of fused-ring (bicyclic) bond motifs is 1. The van der Waals surface area contributed by atoms with Crippen LogP contribution in [0.3, 0.4) is 0 Å². The summed E-state index contributed by atoms with van der Waals surface area (Å²) in [5.74, 6) is 0.951. The largest absolute Gasteiger partial charge is 0.351 e. The summed E-state index contributed by atoms with van der Waals surface area (Å²) in [7, 11) is 0. The lowest BCUT2D eigenvalue weighted by Gasteiger charge is -2.31. The van der Waals surface area contributed by atoms with Crippen molar-refractivity contribution in [3.05, 3.63) is 30.1 Å². The highest BCUT2D eigenvalue weighted by atomic mass is 16.5. The van der Waals surface area contributed by atoms with E-state index >= 15 is 0 Å². The van der Waals surface area contributed by atoms with E-state index in [1.807, 2.05) is 45.6 Å². The van der Waals surface area contributed by atoms with Crippen LogP contribution < -0.4 is 0 Å². The lowest BCUT2D eigenvalue weighted by molar-refractivity contribution is -0.140. The normalized spacial score (nSPS) is 28.0. The standard InChI is InChI=1S/C18H20N4O3/c1-12-19-13-4-2-3-5-14(13)21(12)11-17(24)20-7-6-18-15(20)10-16(23)22(18)8-9-25-18/h2-5,15H,6-11H2,1H3/t15-,18+/m1/s1. The van der Waals surface area contributed by atoms with Crippen LogP contribution in [0.5, 0.6) is 0 Å². The average Bonchev–Trinajstić information content (AvgIpc) is 3.30.